The molecule has 0 aliphatic carbocycles. The van der Waals surface area contributed by atoms with Crippen molar-refractivity contribution in [2.45, 2.75) is 64.6 Å². The van der Waals surface area contributed by atoms with E-state index in [1.165, 1.54) is 18.2 Å². The number of aryl methyl sites for hydroxylation is 1. The molecule has 170 valence electrons. The topological polar surface area (TPSA) is 91.6 Å². The van der Waals surface area contributed by atoms with Gasteiger partial charge in [0.15, 0.2) is 0 Å². The van der Waals surface area contributed by atoms with E-state index >= 15 is 0 Å². The van der Waals surface area contributed by atoms with Crippen LogP contribution in [0.3, 0.4) is 0 Å². The molecule has 1 unspecified atom stereocenters. The Labute approximate surface area is 186 Å². The molecule has 32 heavy (non-hydrogen) atoms. The van der Waals surface area contributed by atoms with Crippen molar-refractivity contribution < 1.29 is 23.9 Å². The number of nitrogens with zero attached hydrogens (tertiary/aromatic N) is 2. The maximum atomic E-state index is 13.5. The van der Waals surface area contributed by atoms with Gasteiger partial charge in [0.25, 0.3) is 17.6 Å². The Kier molecular flexibility index (Phi) is 5.67. The molecule has 3 heterocycles. The summed E-state index contributed by atoms with van der Waals surface area (Å²) in [5, 5.41) is 12.8. The number of nitrogens with one attached hydrogen (secondary N) is 1. The molecular weight excluding hydrogens is 413 g/mol. The number of ketones is 1. The average molecular weight is 442 g/mol. The first-order valence-corrected chi connectivity index (χ1v) is 10.9. The molecule has 3 atom stereocenters. The Morgan fingerprint density at radius 1 is 1.09 bits per heavy atom. The number of hydrogen-bond acceptors (Lipinski definition) is 4. The number of fused-ring (bicyclic) bond motifs is 2. The van der Waals surface area contributed by atoms with Crippen molar-refractivity contribution in [3.05, 3.63) is 52.1 Å². The summed E-state index contributed by atoms with van der Waals surface area (Å²) in [6.45, 7) is 4.99. The highest BCUT2D eigenvalue weighted by Crippen LogP contribution is 2.36. The highest BCUT2D eigenvalue weighted by atomic mass is 19.1. The first-order valence-electron chi connectivity index (χ1n) is 10.9. The van der Waals surface area contributed by atoms with Crippen LogP contribution in [-0.4, -0.2) is 50.4 Å². The van der Waals surface area contributed by atoms with Crippen LogP contribution in [0, 0.1) is 26.6 Å². The lowest BCUT2D eigenvalue weighted by Crippen LogP contribution is -2.50. The maximum absolute atomic E-state index is 13.5. The van der Waals surface area contributed by atoms with Gasteiger partial charge in [0, 0.05) is 30.5 Å². The summed E-state index contributed by atoms with van der Waals surface area (Å²) < 4.78 is 15.1. The van der Waals surface area contributed by atoms with Gasteiger partial charge in [0.1, 0.15) is 5.82 Å². The van der Waals surface area contributed by atoms with Crippen LogP contribution in [0.5, 0.6) is 0 Å². The van der Waals surface area contributed by atoms with Gasteiger partial charge in [-0.2, -0.15) is 0 Å². The van der Waals surface area contributed by atoms with E-state index in [1.807, 2.05) is 0 Å². The van der Waals surface area contributed by atoms with E-state index in [4.69, 9.17) is 0 Å². The largest absolute Gasteiger partial charge is 0.393 e. The van der Waals surface area contributed by atoms with Crippen molar-refractivity contribution >= 4 is 23.3 Å². The maximum Gasteiger partial charge on any atom is 0.297 e. The van der Waals surface area contributed by atoms with Gasteiger partial charge in [-0.15, -0.1) is 0 Å². The molecule has 2 amide bonds. The first kappa shape index (κ1) is 22.2. The monoisotopic (exact) mass is 441 g/mol. The normalized spacial score (nSPS) is 22.2. The summed E-state index contributed by atoms with van der Waals surface area (Å²) in [7, 11) is 1.66. The van der Waals surface area contributed by atoms with Gasteiger partial charge in [-0.3, -0.25) is 14.4 Å². The van der Waals surface area contributed by atoms with Gasteiger partial charge >= 0.3 is 0 Å². The molecule has 8 heteroatoms. The molecule has 2 aliphatic heterocycles. The predicted octanol–water partition coefficient (Wildman–Crippen LogP) is 3.04. The van der Waals surface area contributed by atoms with Crippen LogP contribution >= 0.6 is 0 Å². The minimum Gasteiger partial charge on any atom is -0.393 e. The number of piperidine rings is 1. The Morgan fingerprint density at radius 3 is 2.31 bits per heavy atom. The SMILES string of the molecule is Cc1cc(NC(=O)c2c(C)c(C(=O)C(=O)N3C4CC[C@H]3C[C@H](O)C4)n(C)c2C)ccc1F. The summed E-state index contributed by atoms with van der Waals surface area (Å²) in [5.74, 6) is -2.00. The molecule has 7 nitrogen and oxygen atoms in total. The highest BCUT2D eigenvalue weighted by Gasteiger charge is 2.45. The number of Topliss-reactive ketones (excluding diaryl/α,β-unsaturated/α-hetero) is 1. The van der Waals surface area contributed by atoms with Crippen molar-refractivity contribution in [3.63, 3.8) is 0 Å². The molecular formula is C24H28FN3O4. The molecule has 2 aliphatic rings. The number of carbonyl (C=O) groups is 3. The number of aromatic nitrogens is 1. The summed E-state index contributed by atoms with van der Waals surface area (Å²) in [6, 6.07) is 4.06. The van der Waals surface area contributed by atoms with Crippen LogP contribution in [0.1, 0.15) is 63.4 Å². The van der Waals surface area contributed by atoms with E-state index in [0.717, 1.165) is 12.8 Å². The van der Waals surface area contributed by atoms with Crippen LogP contribution < -0.4 is 5.32 Å². The summed E-state index contributed by atoms with van der Waals surface area (Å²) in [6.07, 6.45) is 2.13. The second-order valence-corrected chi connectivity index (χ2v) is 8.96. The van der Waals surface area contributed by atoms with Crippen LogP contribution in [0.15, 0.2) is 18.2 Å². The number of benzene rings is 1. The third-order valence-electron chi connectivity index (χ3n) is 6.93. The Morgan fingerprint density at radius 2 is 1.72 bits per heavy atom. The summed E-state index contributed by atoms with van der Waals surface area (Å²) in [5.41, 5.74) is 2.37. The van der Waals surface area contributed by atoms with E-state index < -0.39 is 23.7 Å². The number of aliphatic hydroxyl groups is 1. The lowest BCUT2D eigenvalue weighted by molar-refractivity contribution is -0.132. The minimum atomic E-state index is -0.641. The lowest BCUT2D eigenvalue weighted by atomic mass is 9.98. The zero-order valence-electron chi connectivity index (χ0n) is 18.7. The minimum absolute atomic E-state index is 0.119. The molecule has 0 radical (unpaired) electrons. The van der Waals surface area contributed by atoms with E-state index in [9.17, 15) is 23.9 Å². The molecule has 2 bridgehead atoms. The van der Waals surface area contributed by atoms with Crippen molar-refractivity contribution in [2.75, 3.05) is 5.32 Å². The van der Waals surface area contributed by atoms with Gasteiger partial charge in [0.2, 0.25) is 0 Å². The number of carbonyl (C=O) groups excluding carboxylic acids is 3. The molecule has 0 spiro atoms. The smallest absolute Gasteiger partial charge is 0.297 e. The van der Waals surface area contributed by atoms with Gasteiger partial charge in [-0.1, -0.05) is 0 Å². The van der Waals surface area contributed by atoms with Crippen LogP contribution in [0.2, 0.25) is 0 Å². The van der Waals surface area contributed by atoms with E-state index in [-0.39, 0.29) is 23.6 Å². The van der Waals surface area contributed by atoms with Crippen molar-refractivity contribution in [1.29, 1.82) is 0 Å². The molecule has 1 aromatic carbocycles. The molecule has 2 saturated heterocycles. The summed E-state index contributed by atoms with van der Waals surface area (Å²) >= 11 is 0. The van der Waals surface area contributed by atoms with Crippen molar-refractivity contribution in [2.24, 2.45) is 7.05 Å². The Balaban J connectivity index is 1.61. The van der Waals surface area contributed by atoms with Crippen LogP contribution in [0.25, 0.3) is 0 Å². The van der Waals surface area contributed by atoms with Crippen LogP contribution in [-0.2, 0) is 11.8 Å². The fourth-order valence-corrected chi connectivity index (χ4v) is 5.25. The van der Waals surface area contributed by atoms with Crippen molar-refractivity contribution in [3.8, 4) is 0 Å². The number of halogens is 1. The van der Waals surface area contributed by atoms with Gasteiger partial charge in [-0.05, 0) is 75.8 Å². The molecule has 1 aromatic heterocycles. The average Bonchev–Trinajstić information content (AvgIpc) is 3.13. The quantitative estimate of drug-likeness (QED) is 0.564. The van der Waals surface area contributed by atoms with Crippen LogP contribution in [0.4, 0.5) is 10.1 Å². The summed E-state index contributed by atoms with van der Waals surface area (Å²) in [4.78, 5) is 41.1. The number of anilines is 1. The van der Waals surface area contributed by atoms with Crippen molar-refractivity contribution in [1.82, 2.24) is 9.47 Å². The lowest BCUT2D eigenvalue weighted by Gasteiger charge is -2.36. The highest BCUT2D eigenvalue weighted by molar-refractivity contribution is 6.43. The fourth-order valence-electron chi connectivity index (χ4n) is 5.25. The third-order valence-corrected chi connectivity index (χ3v) is 6.93. The molecule has 2 aromatic rings. The number of aliphatic hydroxyl groups excluding tert-OH is 1. The zero-order chi connectivity index (χ0) is 23.3. The predicted molar refractivity (Wildman–Crippen MR) is 117 cm³/mol. The molecule has 2 N–H and O–H groups in total. The number of rotatable bonds is 4. The molecule has 4 rings (SSSR count). The standard InChI is InChI=1S/C24H28FN3O4/c1-12-9-15(5-8-19(12)25)26-23(31)20-13(2)21(27(4)14(20)3)22(30)24(32)28-16-6-7-17(28)11-18(29)10-16/h5,8-9,16-18,29H,6-7,10-11H2,1-4H3,(H,26,31)/t16-,17?,18-/m0/s1. The Hall–Kier alpha value is -3.00. The number of amides is 2. The number of hydrogen-bond donors (Lipinski definition) is 2. The molecule has 0 saturated carbocycles. The molecule has 2 fully saturated rings. The van der Waals surface area contributed by atoms with E-state index in [1.54, 1.807) is 37.3 Å². The fraction of sp³-hybridized carbons (Fsp3) is 0.458. The van der Waals surface area contributed by atoms with Gasteiger partial charge < -0.3 is 19.9 Å². The zero-order valence-corrected chi connectivity index (χ0v) is 18.7. The van der Waals surface area contributed by atoms with Gasteiger partial charge in [0.05, 0.1) is 17.4 Å². The first-order chi connectivity index (χ1) is 15.1. The second-order valence-electron chi connectivity index (χ2n) is 8.96. The van der Waals surface area contributed by atoms with E-state index in [0.29, 0.717) is 40.9 Å². The second kappa shape index (κ2) is 8.16. The third kappa shape index (κ3) is 3.62. The Bertz CT molecular complexity index is 1110. The van der Waals surface area contributed by atoms with Gasteiger partial charge in [-0.25, -0.2) is 4.39 Å². The van der Waals surface area contributed by atoms with E-state index in [2.05, 4.69) is 5.32 Å².